The van der Waals surface area contributed by atoms with Gasteiger partial charge in [-0.2, -0.15) is 0 Å². The molecule has 0 radical (unpaired) electrons. The Labute approximate surface area is 131 Å². The molecule has 0 unspecified atom stereocenters. The molecule has 112 valence electrons. The number of carboxylic acid groups (broad SMARTS) is 1. The van der Waals surface area contributed by atoms with Crippen molar-refractivity contribution in [2.24, 2.45) is 0 Å². The quantitative estimate of drug-likeness (QED) is 0.864. The minimum absolute atomic E-state index is 0.0295. The van der Waals surface area contributed by atoms with Crippen LogP contribution in [0.3, 0.4) is 0 Å². The lowest BCUT2D eigenvalue weighted by Gasteiger charge is -2.30. The molecule has 2 rings (SSSR count). The van der Waals surface area contributed by atoms with Crippen molar-refractivity contribution in [3.63, 3.8) is 0 Å². The molecule has 7 heteroatoms. The van der Waals surface area contributed by atoms with Crippen LogP contribution in [0.2, 0.25) is 10.0 Å². The Bertz CT molecular complexity index is 588. The first-order chi connectivity index (χ1) is 9.99. The highest BCUT2D eigenvalue weighted by Crippen LogP contribution is 2.26. The molecule has 1 aliphatic rings. The second kappa shape index (κ2) is 6.93. The Hall–Kier alpha value is -1.56. The average molecular weight is 330 g/mol. The van der Waals surface area contributed by atoms with Crippen LogP contribution >= 0.6 is 23.2 Å². The van der Waals surface area contributed by atoms with Gasteiger partial charge in [0, 0.05) is 12.6 Å². The second-order valence-electron chi connectivity index (χ2n) is 4.46. The number of carbonyl (C=O) groups excluding carboxylic acids is 1. The van der Waals surface area contributed by atoms with E-state index >= 15 is 0 Å². The molecule has 1 N–H and O–H groups in total. The number of benzene rings is 1. The van der Waals surface area contributed by atoms with Gasteiger partial charge in [-0.05, 0) is 17.7 Å². The van der Waals surface area contributed by atoms with E-state index in [1.54, 1.807) is 24.3 Å². The monoisotopic (exact) mass is 329 g/mol. The summed E-state index contributed by atoms with van der Waals surface area (Å²) in [5.74, 6) is -1.37. The fourth-order valence-corrected chi connectivity index (χ4v) is 2.29. The summed E-state index contributed by atoms with van der Waals surface area (Å²) in [5, 5.41) is 9.67. The number of rotatable bonds is 3. The molecule has 1 aromatic rings. The first-order valence-electron chi connectivity index (χ1n) is 6.24. The number of ether oxygens (including phenoxy) is 1. The highest BCUT2D eigenvalue weighted by Gasteiger charge is 2.27. The molecule has 0 spiro atoms. The Morgan fingerprint density at radius 2 is 2.14 bits per heavy atom. The number of hydrogen-bond donors (Lipinski definition) is 1. The van der Waals surface area contributed by atoms with Gasteiger partial charge in [0.2, 0.25) is 5.91 Å². The largest absolute Gasteiger partial charge is 0.479 e. The summed E-state index contributed by atoms with van der Waals surface area (Å²) in [7, 11) is 0. The van der Waals surface area contributed by atoms with E-state index in [0.717, 1.165) is 0 Å². The predicted molar refractivity (Wildman–Crippen MR) is 79.5 cm³/mol. The molecular weight excluding hydrogens is 317 g/mol. The molecule has 0 bridgehead atoms. The number of morpholine rings is 1. The topological polar surface area (TPSA) is 66.8 Å². The van der Waals surface area contributed by atoms with Crippen LogP contribution in [0.5, 0.6) is 0 Å². The zero-order valence-electron chi connectivity index (χ0n) is 11.0. The number of amides is 1. The minimum Gasteiger partial charge on any atom is -0.479 e. The number of hydrogen-bond acceptors (Lipinski definition) is 3. The SMILES string of the molecule is O=C(O)[C@@H]1CN(C(=O)/C=C\c2cccc(Cl)c2Cl)CCO1. The highest BCUT2D eigenvalue weighted by molar-refractivity contribution is 6.42. The van der Waals surface area contributed by atoms with Crippen LogP contribution < -0.4 is 0 Å². The lowest BCUT2D eigenvalue weighted by molar-refractivity contribution is -0.158. The van der Waals surface area contributed by atoms with Crippen LogP contribution in [-0.4, -0.2) is 47.7 Å². The lowest BCUT2D eigenvalue weighted by Crippen LogP contribution is -2.48. The molecule has 1 atom stereocenters. The van der Waals surface area contributed by atoms with E-state index in [-0.39, 0.29) is 19.1 Å². The summed E-state index contributed by atoms with van der Waals surface area (Å²) in [4.78, 5) is 24.3. The zero-order valence-corrected chi connectivity index (χ0v) is 12.5. The summed E-state index contributed by atoms with van der Waals surface area (Å²) < 4.78 is 5.06. The molecule has 1 aromatic carbocycles. The molecule has 1 fully saturated rings. The number of halogens is 2. The molecule has 1 amide bonds. The lowest BCUT2D eigenvalue weighted by atomic mass is 10.2. The summed E-state index contributed by atoms with van der Waals surface area (Å²) in [6.45, 7) is 0.590. The first-order valence-corrected chi connectivity index (χ1v) is 7.00. The van der Waals surface area contributed by atoms with Crippen molar-refractivity contribution in [3.8, 4) is 0 Å². The van der Waals surface area contributed by atoms with Crippen LogP contribution in [0, 0.1) is 0 Å². The van der Waals surface area contributed by atoms with Crippen LogP contribution in [0.1, 0.15) is 5.56 Å². The van der Waals surface area contributed by atoms with E-state index < -0.39 is 12.1 Å². The maximum atomic E-state index is 12.1. The van der Waals surface area contributed by atoms with E-state index in [9.17, 15) is 9.59 Å². The second-order valence-corrected chi connectivity index (χ2v) is 5.24. The van der Waals surface area contributed by atoms with Crippen molar-refractivity contribution in [1.82, 2.24) is 4.90 Å². The number of carboxylic acids is 1. The molecule has 21 heavy (non-hydrogen) atoms. The average Bonchev–Trinajstić information content (AvgIpc) is 2.48. The molecule has 1 aliphatic heterocycles. The maximum absolute atomic E-state index is 12.1. The van der Waals surface area contributed by atoms with Crippen molar-refractivity contribution in [2.75, 3.05) is 19.7 Å². The van der Waals surface area contributed by atoms with Crippen molar-refractivity contribution in [3.05, 3.63) is 39.9 Å². The first kappa shape index (κ1) is 15.8. The van der Waals surface area contributed by atoms with Crippen molar-refractivity contribution >= 4 is 41.2 Å². The van der Waals surface area contributed by atoms with E-state index in [2.05, 4.69) is 0 Å². The predicted octanol–water partition coefficient (Wildman–Crippen LogP) is 2.32. The van der Waals surface area contributed by atoms with Gasteiger partial charge in [-0.1, -0.05) is 35.3 Å². The molecule has 0 saturated carbocycles. The van der Waals surface area contributed by atoms with Gasteiger partial charge in [-0.3, -0.25) is 4.79 Å². The molecule has 1 saturated heterocycles. The summed E-state index contributed by atoms with van der Waals surface area (Å²) in [6.07, 6.45) is 1.93. The van der Waals surface area contributed by atoms with Gasteiger partial charge in [-0.15, -0.1) is 0 Å². The zero-order chi connectivity index (χ0) is 15.4. The van der Waals surface area contributed by atoms with Crippen LogP contribution in [0.4, 0.5) is 0 Å². The van der Waals surface area contributed by atoms with E-state index in [4.69, 9.17) is 33.0 Å². The van der Waals surface area contributed by atoms with Crippen LogP contribution in [0.25, 0.3) is 6.08 Å². The van der Waals surface area contributed by atoms with Gasteiger partial charge in [0.15, 0.2) is 6.10 Å². The number of aliphatic carboxylic acids is 1. The standard InChI is InChI=1S/C14H13Cl2NO4/c15-10-3-1-2-9(13(10)16)4-5-12(18)17-6-7-21-11(8-17)14(19)20/h1-5,11H,6-8H2,(H,19,20)/b5-4-/t11-/m0/s1. The maximum Gasteiger partial charge on any atom is 0.334 e. The Morgan fingerprint density at radius 3 is 2.86 bits per heavy atom. The Kier molecular flexibility index (Phi) is 5.22. The Morgan fingerprint density at radius 1 is 1.38 bits per heavy atom. The van der Waals surface area contributed by atoms with Gasteiger partial charge in [0.25, 0.3) is 0 Å². The Balaban J connectivity index is 2.05. The third-order valence-electron chi connectivity index (χ3n) is 3.04. The van der Waals surface area contributed by atoms with E-state index in [1.807, 2.05) is 0 Å². The van der Waals surface area contributed by atoms with Crippen LogP contribution in [-0.2, 0) is 14.3 Å². The molecular formula is C14H13Cl2NO4. The molecule has 5 nitrogen and oxygen atoms in total. The fourth-order valence-electron chi connectivity index (χ4n) is 1.91. The van der Waals surface area contributed by atoms with Gasteiger partial charge in [-0.25, -0.2) is 4.79 Å². The van der Waals surface area contributed by atoms with Gasteiger partial charge in [0.05, 0.1) is 23.2 Å². The van der Waals surface area contributed by atoms with Gasteiger partial charge < -0.3 is 14.7 Å². The van der Waals surface area contributed by atoms with Gasteiger partial charge in [0.1, 0.15) is 0 Å². The smallest absolute Gasteiger partial charge is 0.334 e. The minimum atomic E-state index is -1.07. The fraction of sp³-hybridized carbons (Fsp3) is 0.286. The normalized spacial score (nSPS) is 19.0. The summed E-state index contributed by atoms with van der Waals surface area (Å²) >= 11 is 11.9. The third kappa shape index (κ3) is 3.97. The number of carbonyl (C=O) groups is 2. The van der Waals surface area contributed by atoms with E-state index in [1.165, 1.54) is 11.0 Å². The summed E-state index contributed by atoms with van der Waals surface area (Å²) in [6, 6.07) is 5.12. The van der Waals surface area contributed by atoms with Crippen LogP contribution in [0.15, 0.2) is 24.3 Å². The van der Waals surface area contributed by atoms with Crippen molar-refractivity contribution < 1.29 is 19.4 Å². The van der Waals surface area contributed by atoms with Crippen molar-refractivity contribution in [2.45, 2.75) is 6.10 Å². The molecule has 0 aromatic heterocycles. The number of nitrogens with zero attached hydrogens (tertiary/aromatic N) is 1. The summed E-state index contributed by atoms with van der Waals surface area (Å²) in [5.41, 5.74) is 0.626. The van der Waals surface area contributed by atoms with Gasteiger partial charge >= 0.3 is 5.97 Å². The van der Waals surface area contributed by atoms with E-state index in [0.29, 0.717) is 22.2 Å². The molecule has 1 heterocycles. The highest BCUT2D eigenvalue weighted by atomic mass is 35.5. The van der Waals surface area contributed by atoms with Crippen molar-refractivity contribution in [1.29, 1.82) is 0 Å². The molecule has 0 aliphatic carbocycles. The third-order valence-corrected chi connectivity index (χ3v) is 3.87.